The maximum Gasteiger partial charge on any atom is 0.253 e. The third-order valence-electron chi connectivity index (χ3n) is 4.74. The van der Waals surface area contributed by atoms with Gasteiger partial charge >= 0.3 is 0 Å². The van der Waals surface area contributed by atoms with Gasteiger partial charge in [0.25, 0.3) is 5.91 Å². The molecule has 0 radical (unpaired) electrons. The van der Waals surface area contributed by atoms with E-state index in [-0.39, 0.29) is 29.9 Å². The Kier molecular flexibility index (Phi) is 14.0. The maximum absolute atomic E-state index is 12.4. The van der Waals surface area contributed by atoms with Gasteiger partial charge in [0.15, 0.2) is 5.96 Å². The van der Waals surface area contributed by atoms with E-state index in [1.54, 1.807) is 7.05 Å². The lowest BCUT2D eigenvalue weighted by atomic mass is 10.0. The zero-order valence-electron chi connectivity index (χ0n) is 18.4. The molecule has 1 amide bonds. The van der Waals surface area contributed by atoms with Crippen LogP contribution in [0.4, 0.5) is 0 Å². The first kappa shape index (κ1) is 26.7. The maximum atomic E-state index is 12.4. The van der Waals surface area contributed by atoms with Crippen LogP contribution in [0.1, 0.15) is 69.8 Å². The van der Waals surface area contributed by atoms with E-state index < -0.39 is 0 Å². The van der Waals surface area contributed by atoms with Crippen molar-refractivity contribution in [3.8, 4) is 0 Å². The predicted octanol–water partition coefficient (Wildman–Crippen LogP) is 4.67. The highest BCUT2D eigenvalue weighted by Crippen LogP contribution is 2.09. The molecule has 1 aromatic rings. The van der Waals surface area contributed by atoms with Crippen LogP contribution in [-0.4, -0.2) is 42.9 Å². The van der Waals surface area contributed by atoms with Crippen LogP contribution in [0.3, 0.4) is 0 Å². The van der Waals surface area contributed by atoms with Crippen molar-refractivity contribution in [2.75, 3.05) is 20.1 Å². The Labute approximate surface area is 188 Å². The average molecular weight is 502 g/mol. The second-order valence-electron chi connectivity index (χ2n) is 7.47. The topological polar surface area (TPSA) is 56.7 Å². The van der Waals surface area contributed by atoms with Gasteiger partial charge < -0.3 is 15.5 Å². The molecule has 1 unspecified atom stereocenters. The third kappa shape index (κ3) is 9.75. The number of nitrogens with zero attached hydrogens (tertiary/aromatic N) is 2. The summed E-state index contributed by atoms with van der Waals surface area (Å²) in [7, 11) is 1.79. The number of rotatable bonds is 10. The number of halogens is 1. The van der Waals surface area contributed by atoms with Gasteiger partial charge in [0.2, 0.25) is 0 Å². The normalized spacial score (nSPS) is 12.3. The van der Waals surface area contributed by atoms with E-state index in [9.17, 15) is 4.79 Å². The first-order valence-electron chi connectivity index (χ1n) is 10.3. The second-order valence-corrected chi connectivity index (χ2v) is 7.47. The standard InChI is InChI=1S/C22H38N4O.HI/c1-7-26(8-2)21(27)20-14-12-19(13-15-20)16-24-22(23-6)25-18(5)11-9-10-17(3)4;/h12-15,17-18H,7-11,16H2,1-6H3,(H2,23,24,25);1H. The fourth-order valence-corrected chi connectivity index (χ4v) is 2.98. The molecule has 2 N–H and O–H groups in total. The van der Waals surface area contributed by atoms with Crippen molar-refractivity contribution in [3.63, 3.8) is 0 Å². The fraction of sp³-hybridized carbons (Fsp3) is 0.636. The summed E-state index contributed by atoms with van der Waals surface area (Å²) in [6, 6.07) is 8.21. The molecule has 6 heteroatoms. The van der Waals surface area contributed by atoms with Crippen LogP contribution < -0.4 is 10.6 Å². The number of hydrogen-bond donors (Lipinski definition) is 2. The Morgan fingerprint density at radius 1 is 1.07 bits per heavy atom. The van der Waals surface area contributed by atoms with Crippen molar-refractivity contribution in [1.29, 1.82) is 0 Å². The van der Waals surface area contributed by atoms with Crippen LogP contribution in [-0.2, 0) is 6.54 Å². The molecule has 1 aromatic carbocycles. The summed E-state index contributed by atoms with van der Waals surface area (Å²) in [6.07, 6.45) is 3.63. The summed E-state index contributed by atoms with van der Waals surface area (Å²) in [5.41, 5.74) is 1.87. The van der Waals surface area contributed by atoms with E-state index in [1.807, 2.05) is 43.0 Å². The van der Waals surface area contributed by atoms with E-state index >= 15 is 0 Å². The number of nitrogens with one attached hydrogen (secondary N) is 2. The van der Waals surface area contributed by atoms with Crippen molar-refractivity contribution in [2.45, 2.75) is 66.5 Å². The summed E-state index contributed by atoms with van der Waals surface area (Å²) in [6.45, 7) is 12.9. The molecular weight excluding hydrogens is 463 g/mol. The SMILES string of the molecule is CCN(CC)C(=O)c1ccc(CNC(=NC)NC(C)CCCC(C)C)cc1.I. The predicted molar refractivity (Wildman–Crippen MR) is 131 cm³/mol. The lowest BCUT2D eigenvalue weighted by Crippen LogP contribution is -2.41. The molecule has 5 nitrogen and oxygen atoms in total. The molecule has 0 saturated heterocycles. The molecule has 1 atom stereocenters. The van der Waals surface area contributed by atoms with Crippen LogP contribution in [0.15, 0.2) is 29.3 Å². The van der Waals surface area contributed by atoms with Crippen molar-refractivity contribution in [3.05, 3.63) is 35.4 Å². The summed E-state index contributed by atoms with van der Waals surface area (Å²) >= 11 is 0. The quantitative estimate of drug-likeness (QED) is 0.278. The minimum atomic E-state index is 0. The van der Waals surface area contributed by atoms with Gasteiger partial charge in [0, 0.05) is 38.3 Å². The van der Waals surface area contributed by atoms with Crippen LogP contribution >= 0.6 is 24.0 Å². The van der Waals surface area contributed by atoms with Crippen LogP contribution in [0.5, 0.6) is 0 Å². The van der Waals surface area contributed by atoms with E-state index in [4.69, 9.17) is 0 Å². The van der Waals surface area contributed by atoms with Gasteiger partial charge in [-0.15, -0.1) is 24.0 Å². The highest BCUT2D eigenvalue weighted by atomic mass is 127. The van der Waals surface area contributed by atoms with Crippen molar-refractivity contribution < 1.29 is 4.79 Å². The molecule has 0 aliphatic heterocycles. The summed E-state index contributed by atoms with van der Waals surface area (Å²) in [4.78, 5) is 18.5. The minimum absolute atomic E-state index is 0. The molecule has 160 valence electrons. The van der Waals surface area contributed by atoms with E-state index in [0.29, 0.717) is 12.6 Å². The number of amides is 1. The monoisotopic (exact) mass is 502 g/mol. The first-order valence-corrected chi connectivity index (χ1v) is 10.3. The third-order valence-corrected chi connectivity index (χ3v) is 4.74. The van der Waals surface area contributed by atoms with E-state index in [2.05, 4.69) is 36.4 Å². The largest absolute Gasteiger partial charge is 0.354 e. The molecular formula is C22H39IN4O. The van der Waals surface area contributed by atoms with Crippen LogP contribution in [0.2, 0.25) is 0 Å². The number of guanidine groups is 1. The van der Waals surface area contributed by atoms with Gasteiger partial charge in [-0.25, -0.2) is 0 Å². The molecule has 0 spiro atoms. The van der Waals surface area contributed by atoms with Gasteiger partial charge in [0.1, 0.15) is 0 Å². The molecule has 0 aliphatic carbocycles. The second kappa shape index (κ2) is 14.7. The lowest BCUT2D eigenvalue weighted by molar-refractivity contribution is 0.0773. The van der Waals surface area contributed by atoms with Crippen molar-refractivity contribution in [1.82, 2.24) is 15.5 Å². The Morgan fingerprint density at radius 3 is 2.18 bits per heavy atom. The van der Waals surface area contributed by atoms with Gasteiger partial charge in [0.05, 0.1) is 0 Å². The molecule has 1 rings (SSSR count). The molecule has 0 aliphatic rings. The number of carbonyl (C=O) groups is 1. The number of aliphatic imine (C=N–C) groups is 1. The van der Waals surface area contributed by atoms with Crippen LogP contribution in [0.25, 0.3) is 0 Å². The Balaban J connectivity index is 0.00000729. The molecule has 0 fully saturated rings. The highest BCUT2D eigenvalue weighted by Gasteiger charge is 2.12. The molecule has 28 heavy (non-hydrogen) atoms. The molecule has 0 bridgehead atoms. The lowest BCUT2D eigenvalue weighted by Gasteiger charge is -2.19. The molecule has 0 heterocycles. The Hall–Kier alpha value is -1.31. The molecule has 0 aromatic heterocycles. The van der Waals surface area contributed by atoms with Gasteiger partial charge in [-0.05, 0) is 50.8 Å². The van der Waals surface area contributed by atoms with Gasteiger partial charge in [-0.3, -0.25) is 9.79 Å². The molecule has 0 saturated carbocycles. The van der Waals surface area contributed by atoms with E-state index in [0.717, 1.165) is 42.5 Å². The van der Waals surface area contributed by atoms with Gasteiger partial charge in [-0.2, -0.15) is 0 Å². The minimum Gasteiger partial charge on any atom is -0.354 e. The zero-order chi connectivity index (χ0) is 20.2. The summed E-state index contributed by atoms with van der Waals surface area (Å²) < 4.78 is 0. The first-order chi connectivity index (χ1) is 12.9. The Bertz CT molecular complexity index is 583. The number of carbonyl (C=O) groups excluding carboxylic acids is 1. The smallest absolute Gasteiger partial charge is 0.253 e. The summed E-state index contributed by atoms with van der Waals surface area (Å²) in [5.74, 6) is 1.66. The van der Waals surface area contributed by atoms with Crippen molar-refractivity contribution in [2.24, 2.45) is 10.9 Å². The number of benzene rings is 1. The Morgan fingerprint density at radius 2 is 1.68 bits per heavy atom. The zero-order valence-corrected chi connectivity index (χ0v) is 20.7. The van der Waals surface area contributed by atoms with E-state index in [1.165, 1.54) is 12.8 Å². The highest BCUT2D eigenvalue weighted by molar-refractivity contribution is 14.0. The van der Waals surface area contributed by atoms with Crippen LogP contribution in [0, 0.1) is 5.92 Å². The van der Waals surface area contributed by atoms with Crippen molar-refractivity contribution >= 4 is 35.8 Å². The summed E-state index contributed by atoms with van der Waals surface area (Å²) in [5, 5.41) is 6.80. The van der Waals surface area contributed by atoms with Gasteiger partial charge in [-0.1, -0.05) is 38.8 Å². The fourth-order valence-electron chi connectivity index (χ4n) is 2.98. The average Bonchev–Trinajstić information content (AvgIpc) is 2.66. The number of hydrogen-bond acceptors (Lipinski definition) is 2.